The highest BCUT2D eigenvalue weighted by atomic mass is 32.2. The predicted molar refractivity (Wildman–Crippen MR) is 86.7 cm³/mol. The molecule has 1 amide bonds. The van der Waals surface area contributed by atoms with Crippen molar-refractivity contribution in [3.63, 3.8) is 0 Å². The fourth-order valence-electron chi connectivity index (χ4n) is 1.89. The van der Waals surface area contributed by atoms with Gasteiger partial charge in [-0.15, -0.1) is 10.2 Å². The Balaban J connectivity index is 1.98. The Kier molecular flexibility index (Phi) is 6.02. The van der Waals surface area contributed by atoms with E-state index in [4.69, 9.17) is 9.47 Å². The van der Waals surface area contributed by atoms with Crippen LogP contribution in [0.25, 0.3) is 0 Å². The number of benzene rings is 1. The van der Waals surface area contributed by atoms with Crippen molar-refractivity contribution in [1.29, 1.82) is 0 Å². The second-order valence-corrected chi connectivity index (χ2v) is 6.45. The average Bonchev–Trinajstić information content (AvgIpc) is 3.05. The molecular formula is C14H17N3O3S2. The summed E-state index contributed by atoms with van der Waals surface area (Å²) in [5, 5.41) is 10.6. The molecule has 1 aromatic heterocycles. The van der Waals surface area contributed by atoms with Crippen molar-refractivity contribution in [3.8, 4) is 11.5 Å². The van der Waals surface area contributed by atoms with Crippen molar-refractivity contribution in [2.75, 3.05) is 20.0 Å². The molecule has 0 saturated heterocycles. The first-order chi connectivity index (χ1) is 10.6. The molecule has 0 aliphatic carbocycles. The summed E-state index contributed by atoms with van der Waals surface area (Å²) >= 11 is 2.78. The molecular weight excluding hydrogens is 322 g/mol. The maximum atomic E-state index is 12.0. The highest BCUT2D eigenvalue weighted by Crippen LogP contribution is 2.29. The third-order valence-corrected chi connectivity index (χ3v) is 4.81. The second-order valence-electron chi connectivity index (χ2n) is 4.39. The molecule has 2 rings (SSSR count). The normalized spacial score (nSPS) is 11.8. The van der Waals surface area contributed by atoms with Gasteiger partial charge < -0.3 is 14.8 Å². The summed E-state index contributed by atoms with van der Waals surface area (Å²) in [5.41, 5.74) is 2.51. The van der Waals surface area contributed by atoms with Crippen LogP contribution in [0, 0.1) is 0 Å². The first kappa shape index (κ1) is 16.6. The number of hydrogen-bond acceptors (Lipinski definition) is 7. The van der Waals surface area contributed by atoms with Gasteiger partial charge in [-0.25, -0.2) is 0 Å². The molecule has 6 nitrogen and oxygen atoms in total. The monoisotopic (exact) mass is 339 g/mol. The van der Waals surface area contributed by atoms with E-state index in [-0.39, 0.29) is 11.9 Å². The molecule has 8 heteroatoms. The van der Waals surface area contributed by atoms with Gasteiger partial charge in [-0.2, -0.15) is 0 Å². The SMILES string of the molecule is COc1ccc(OC)c(C(C)NC(=O)CSc2nncs2)c1. The van der Waals surface area contributed by atoms with Crippen molar-refractivity contribution in [2.24, 2.45) is 0 Å². The van der Waals surface area contributed by atoms with Gasteiger partial charge in [0.15, 0.2) is 4.34 Å². The molecule has 0 bridgehead atoms. The Bertz CT molecular complexity index is 620. The fourth-order valence-corrected chi connectivity index (χ4v) is 3.19. The number of amides is 1. The first-order valence-electron chi connectivity index (χ1n) is 6.54. The van der Waals surface area contributed by atoms with Crippen LogP contribution in [0.2, 0.25) is 0 Å². The Morgan fingerprint density at radius 3 is 2.86 bits per heavy atom. The van der Waals surface area contributed by atoms with Crippen LogP contribution in [0.3, 0.4) is 0 Å². The number of nitrogens with one attached hydrogen (secondary N) is 1. The fraction of sp³-hybridized carbons (Fsp3) is 0.357. The number of carbonyl (C=O) groups excluding carboxylic acids is 1. The number of hydrogen-bond donors (Lipinski definition) is 1. The molecule has 1 atom stereocenters. The van der Waals surface area contributed by atoms with Crippen LogP contribution >= 0.6 is 23.1 Å². The minimum absolute atomic E-state index is 0.0717. The highest BCUT2D eigenvalue weighted by Gasteiger charge is 2.15. The van der Waals surface area contributed by atoms with Gasteiger partial charge in [-0.05, 0) is 25.1 Å². The number of thioether (sulfide) groups is 1. The van der Waals surface area contributed by atoms with Crippen LogP contribution in [0.5, 0.6) is 11.5 Å². The summed E-state index contributed by atoms with van der Waals surface area (Å²) in [4.78, 5) is 12.0. The number of ether oxygens (including phenoxy) is 2. The van der Waals surface area contributed by atoms with Crippen LogP contribution in [0.1, 0.15) is 18.5 Å². The molecule has 0 radical (unpaired) electrons. The van der Waals surface area contributed by atoms with Gasteiger partial charge in [-0.1, -0.05) is 23.1 Å². The topological polar surface area (TPSA) is 73.3 Å². The van der Waals surface area contributed by atoms with Crippen molar-refractivity contribution in [3.05, 3.63) is 29.3 Å². The molecule has 0 aliphatic rings. The van der Waals surface area contributed by atoms with Gasteiger partial charge in [-0.3, -0.25) is 4.79 Å². The van der Waals surface area contributed by atoms with E-state index < -0.39 is 0 Å². The molecule has 2 aromatic rings. The van der Waals surface area contributed by atoms with Gasteiger partial charge >= 0.3 is 0 Å². The van der Waals surface area contributed by atoms with Crippen molar-refractivity contribution in [2.45, 2.75) is 17.3 Å². The standard InChI is InChI=1S/C14H17N3O3S2/c1-9(11-6-10(19-2)4-5-12(11)20-3)16-13(18)7-21-14-17-15-8-22-14/h4-6,8-9H,7H2,1-3H3,(H,16,18). The van der Waals surface area contributed by atoms with E-state index in [0.717, 1.165) is 15.7 Å². The van der Waals surface area contributed by atoms with Crippen LogP contribution in [-0.4, -0.2) is 36.1 Å². The molecule has 0 fully saturated rings. The largest absolute Gasteiger partial charge is 0.497 e. The van der Waals surface area contributed by atoms with Gasteiger partial charge in [0.2, 0.25) is 5.91 Å². The van der Waals surface area contributed by atoms with Gasteiger partial charge in [0.05, 0.1) is 26.0 Å². The van der Waals surface area contributed by atoms with E-state index in [1.54, 1.807) is 19.7 Å². The summed E-state index contributed by atoms with van der Waals surface area (Å²) in [6.07, 6.45) is 0. The van der Waals surface area contributed by atoms with Crippen LogP contribution < -0.4 is 14.8 Å². The average molecular weight is 339 g/mol. The number of methoxy groups -OCH3 is 2. The predicted octanol–water partition coefficient (Wildman–Crippen LogP) is 2.52. The number of rotatable bonds is 7. The van der Waals surface area contributed by atoms with Crippen LogP contribution in [0.4, 0.5) is 0 Å². The lowest BCUT2D eigenvalue weighted by Crippen LogP contribution is -2.28. The molecule has 1 N–H and O–H groups in total. The Labute approximate surface area is 137 Å². The zero-order valence-corrected chi connectivity index (χ0v) is 14.2. The van der Waals surface area contributed by atoms with Gasteiger partial charge in [0, 0.05) is 5.56 Å². The van der Waals surface area contributed by atoms with Crippen molar-refractivity contribution < 1.29 is 14.3 Å². The summed E-state index contributed by atoms with van der Waals surface area (Å²) in [6.45, 7) is 1.91. The highest BCUT2D eigenvalue weighted by molar-refractivity contribution is 8.01. The van der Waals surface area contributed by atoms with Gasteiger partial charge in [0.25, 0.3) is 0 Å². The van der Waals surface area contributed by atoms with E-state index in [2.05, 4.69) is 15.5 Å². The van der Waals surface area contributed by atoms with E-state index in [1.807, 2.05) is 25.1 Å². The van der Waals surface area contributed by atoms with Crippen LogP contribution in [-0.2, 0) is 4.79 Å². The molecule has 0 spiro atoms. The Morgan fingerprint density at radius 2 is 2.23 bits per heavy atom. The third kappa shape index (κ3) is 4.35. The minimum atomic E-state index is -0.187. The molecule has 1 unspecified atom stereocenters. The Morgan fingerprint density at radius 1 is 1.41 bits per heavy atom. The van der Waals surface area contributed by atoms with Crippen LogP contribution in [0.15, 0.2) is 28.0 Å². The summed E-state index contributed by atoms with van der Waals surface area (Å²) < 4.78 is 11.3. The van der Waals surface area contributed by atoms with E-state index >= 15 is 0 Å². The molecule has 22 heavy (non-hydrogen) atoms. The zero-order valence-electron chi connectivity index (χ0n) is 12.5. The summed E-state index contributed by atoms with van der Waals surface area (Å²) in [7, 11) is 3.21. The molecule has 1 aromatic carbocycles. The van der Waals surface area contributed by atoms with Crippen molar-refractivity contribution in [1.82, 2.24) is 15.5 Å². The molecule has 1 heterocycles. The smallest absolute Gasteiger partial charge is 0.230 e. The van der Waals surface area contributed by atoms with E-state index in [1.165, 1.54) is 23.1 Å². The lowest BCUT2D eigenvalue weighted by Gasteiger charge is -2.18. The lowest BCUT2D eigenvalue weighted by atomic mass is 10.1. The maximum Gasteiger partial charge on any atom is 0.230 e. The minimum Gasteiger partial charge on any atom is -0.497 e. The van der Waals surface area contributed by atoms with Crippen molar-refractivity contribution >= 4 is 29.0 Å². The third-order valence-electron chi connectivity index (χ3n) is 2.95. The molecule has 0 aliphatic heterocycles. The number of aromatic nitrogens is 2. The zero-order chi connectivity index (χ0) is 15.9. The number of carbonyl (C=O) groups is 1. The quantitative estimate of drug-likeness (QED) is 0.782. The second kappa shape index (κ2) is 8.00. The summed E-state index contributed by atoms with van der Waals surface area (Å²) in [5.74, 6) is 1.66. The maximum absolute atomic E-state index is 12.0. The molecule has 118 valence electrons. The van der Waals surface area contributed by atoms with E-state index in [9.17, 15) is 4.79 Å². The van der Waals surface area contributed by atoms with Gasteiger partial charge in [0.1, 0.15) is 17.0 Å². The molecule has 0 saturated carbocycles. The lowest BCUT2D eigenvalue weighted by molar-refractivity contribution is -0.119. The van der Waals surface area contributed by atoms with E-state index in [0.29, 0.717) is 11.5 Å². The summed E-state index contributed by atoms with van der Waals surface area (Å²) in [6, 6.07) is 5.32. The first-order valence-corrected chi connectivity index (χ1v) is 8.40. The Hall–Kier alpha value is -1.80. The number of nitrogens with zero attached hydrogens (tertiary/aromatic N) is 2.